The quantitative estimate of drug-likeness (QED) is 0.895. The normalized spacial score (nSPS) is 11.4. The van der Waals surface area contributed by atoms with Crippen molar-refractivity contribution in [1.82, 2.24) is 5.32 Å². The van der Waals surface area contributed by atoms with Gasteiger partial charge < -0.3 is 15.2 Å². The fourth-order valence-electron chi connectivity index (χ4n) is 1.28. The molecule has 1 aromatic rings. The molecule has 0 aliphatic rings. The van der Waals surface area contributed by atoms with Gasteiger partial charge in [0.25, 0.3) is 0 Å². The van der Waals surface area contributed by atoms with Crippen molar-refractivity contribution in [3.8, 4) is 5.75 Å². The number of halogens is 2. The summed E-state index contributed by atoms with van der Waals surface area (Å²) in [4.78, 5) is 11.0. The van der Waals surface area contributed by atoms with Crippen molar-refractivity contribution in [2.24, 2.45) is 0 Å². The van der Waals surface area contributed by atoms with Crippen LogP contribution in [0.2, 0.25) is 0 Å². The predicted octanol–water partition coefficient (Wildman–Crippen LogP) is 2.22. The summed E-state index contributed by atoms with van der Waals surface area (Å²) in [6, 6.07) is 4.48. The number of carboxylic acids is 1. The Balaban J connectivity index is 0.00000225. The highest BCUT2D eigenvalue weighted by Crippen LogP contribution is 2.27. The van der Waals surface area contributed by atoms with E-state index < -0.39 is 12.0 Å². The summed E-state index contributed by atoms with van der Waals surface area (Å²) in [6.07, 6.45) is 0. The number of methoxy groups -OCH3 is 1. The maximum atomic E-state index is 11.0. The van der Waals surface area contributed by atoms with Gasteiger partial charge in [0, 0.05) is 4.47 Å². The lowest BCUT2D eigenvalue weighted by molar-refractivity contribution is -0.139. The minimum absolute atomic E-state index is 0. The van der Waals surface area contributed by atoms with E-state index in [0.717, 1.165) is 4.47 Å². The van der Waals surface area contributed by atoms with Gasteiger partial charge in [0.05, 0.1) is 7.11 Å². The Kier molecular flexibility index (Phi) is 6.40. The number of nitrogens with one attached hydrogen (secondary N) is 1. The molecule has 2 N–H and O–H groups in total. The molecule has 1 atom stereocenters. The minimum atomic E-state index is -0.925. The van der Waals surface area contributed by atoms with Crippen molar-refractivity contribution in [2.75, 3.05) is 14.2 Å². The molecule has 0 aromatic heterocycles. The van der Waals surface area contributed by atoms with Crippen LogP contribution in [0.1, 0.15) is 11.6 Å². The molecule has 0 saturated heterocycles. The lowest BCUT2D eigenvalue weighted by atomic mass is 10.1. The zero-order valence-corrected chi connectivity index (χ0v) is 11.3. The van der Waals surface area contributed by atoms with E-state index in [0.29, 0.717) is 11.3 Å². The van der Waals surface area contributed by atoms with E-state index >= 15 is 0 Å². The van der Waals surface area contributed by atoms with Crippen LogP contribution in [-0.2, 0) is 4.79 Å². The predicted molar refractivity (Wildman–Crippen MR) is 67.4 cm³/mol. The fourth-order valence-corrected chi connectivity index (χ4v) is 1.76. The Morgan fingerprint density at radius 3 is 2.62 bits per heavy atom. The minimum Gasteiger partial charge on any atom is -0.497 e. The summed E-state index contributed by atoms with van der Waals surface area (Å²) in [7, 11) is 3.15. The molecular weight excluding hydrogens is 297 g/mol. The molecule has 4 nitrogen and oxygen atoms in total. The van der Waals surface area contributed by atoms with Crippen LogP contribution < -0.4 is 10.1 Å². The number of ether oxygens (including phenoxy) is 1. The average Bonchev–Trinajstić information content (AvgIpc) is 2.21. The first-order valence-electron chi connectivity index (χ1n) is 4.33. The third kappa shape index (κ3) is 3.37. The van der Waals surface area contributed by atoms with Crippen LogP contribution in [0.5, 0.6) is 5.75 Å². The van der Waals surface area contributed by atoms with Gasteiger partial charge in [-0.05, 0) is 30.8 Å². The Bertz CT molecular complexity index is 373. The third-order valence-corrected chi connectivity index (χ3v) is 2.77. The molecule has 0 aliphatic carbocycles. The van der Waals surface area contributed by atoms with E-state index in [4.69, 9.17) is 9.84 Å². The molecule has 0 aliphatic heterocycles. The van der Waals surface area contributed by atoms with Gasteiger partial charge in [-0.15, -0.1) is 12.4 Å². The van der Waals surface area contributed by atoms with Crippen molar-refractivity contribution in [2.45, 2.75) is 6.04 Å². The lowest BCUT2D eigenvalue weighted by Gasteiger charge is -2.14. The summed E-state index contributed by atoms with van der Waals surface area (Å²) in [5, 5.41) is 11.7. The fraction of sp³-hybridized carbons (Fsp3) is 0.300. The smallest absolute Gasteiger partial charge is 0.325 e. The zero-order valence-electron chi connectivity index (χ0n) is 8.86. The van der Waals surface area contributed by atoms with Gasteiger partial charge in [0.15, 0.2) is 0 Å². The molecule has 0 bridgehead atoms. The van der Waals surface area contributed by atoms with Crippen LogP contribution in [0.15, 0.2) is 22.7 Å². The van der Waals surface area contributed by atoms with Crippen LogP contribution in [0.4, 0.5) is 0 Å². The molecule has 1 rings (SSSR count). The molecule has 0 spiro atoms. The van der Waals surface area contributed by atoms with Crippen LogP contribution >= 0.6 is 28.3 Å². The molecule has 0 amide bonds. The van der Waals surface area contributed by atoms with E-state index in [2.05, 4.69) is 21.2 Å². The monoisotopic (exact) mass is 309 g/mol. The van der Waals surface area contributed by atoms with Crippen molar-refractivity contribution < 1.29 is 14.6 Å². The van der Waals surface area contributed by atoms with Crippen LogP contribution in [0.25, 0.3) is 0 Å². The van der Waals surface area contributed by atoms with Gasteiger partial charge in [0.1, 0.15) is 11.8 Å². The summed E-state index contributed by atoms with van der Waals surface area (Å²) in [5.74, 6) is -0.291. The van der Waals surface area contributed by atoms with Crippen molar-refractivity contribution >= 4 is 34.3 Å². The number of likely N-dealkylation sites (N-methyl/N-ethyl adjacent to an activating group) is 1. The number of benzene rings is 1. The largest absolute Gasteiger partial charge is 0.497 e. The Labute approximate surface area is 109 Å². The Morgan fingerprint density at radius 1 is 1.56 bits per heavy atom. The summed E-state index contributed by atoms with van der Waals surface area (Å²) >= 11 is 3.31. The molecule has 0 saturated carbocycles. The van der Waals surface area contributed by atoms with Gasteiger partial charge in [-0.1, -0.05) is 15.9 Å². The summed E-state index contributed by atoms with van der Waals surface area (Å²) < 4.78 is 5.78. The number of hydrogen-bond donors (Lipinski definition) is 2. The van der Waals surface area contributed by atoms with Gasteiger partial charge in [-0.2, -0.15) is 0 Å². The first kappa shape index (κ1) is 15.2. The topological polar surface area (TPSA) is 58.6 Å². The first-order chi connectivity index (χ1) is 7.10. The first-order valence-corrected chi connectivity index (χ1v) is 5.13. The van der Waals surface area contributed by atoms with Gasteiger partial charge in [-0.3, -0.25) is 4.79 Å². The number of carbonyl (C=O) groups is 1. The average molecular weight is 311 g/mol. The lowest BCUT2D eigenvalue weighted by Crippen LogP contribution is -2.25. The Morgan fingerprint density at radius 2 is 2.19 bits per heavy atom. The highest BCUT2D eigenvalue weighted by molar-refractivity contribution is 9.10. The summed E-state index contributed by atoms with van der Waals surface area (Å²) in [6.45, 7) is 0. The van der Waals surface area contributed by atoms with E-state index in [-0.39, 0.29) is 12.4 Å². The second-order valence-electron chi connectivity index (χ2n) is 2.95. The molecule has 0 fully saturated rings. The SMILES string of the molecule is CNC(C(=O)O)c1cc(OC)ccc1Br.Cl. The molecule has 90 valence electrons. The number of rotatable bonds is 4. The molecule has 1 unspecified atom stereocenters. The van der Waals surface area contributed by atoms with Gasteiger partial charge in [0.2, 0.25) is 0 Å². The number of aliphatic carboxylic acids is 1. The van der Waals surface area contributed by atoms with Crippen LogP contribution in [0.3, 0.4) is 0 Å². The molecule has 0 radical (unpaired) electrons. The zero-order chi connectivity index (χ0) is 11.4. The van der Waals surface area contributed by atoms with E-state index in [1.54, 1.807) is 32.4 Å². The standard InChI is InChI=1S/C10H12BrNO3.ClH/c1-12-9(10(13)14)7-5-6(15-2)3-4-8(7)11;/h3-5,9,12H,1-2H3,(H,13,14);1H. The van der Waals surface area contributed by atoms with E-state index in [1.807, 2.05) is 0 Å². The second kappa shape index (κ2) is 6.73. The van der Waals surface area contributed by atoms with E-state index in [1.165, 1.54) is 0 Å². The maximum absolute atomic E-state index is 11.0. The second-order valence-corrected chi connectivity index (χ2v) is 3.80. The highest BCUT2D eigenvalue weighted by atomic mass is 79.9. The van der Waals surface area contributed by atoms with Crippen LogP contribution in [0, 0.1) is 0 Å². The van der Waals surface area contributed by atoms with E-state index in [9.17, 15) is 4.79 Å². The molecule has 6 heteroatoms. The molecular formula is C10H13BrClNO3. The molecule has 0 heterocycles. The number of hydrogen-bond acceptors (Lipinski definition) is 3. The van der Waals surface area contributed by atoms with Gasteiger partial charge >= 0.3 is 5.97 Å². The van der Waals surface area contributed by atoms with Crippen LogP contribution in [-0.4, -0.2) is 25.2 Å². The molecule has 16 heavy (non-hydrogen) atoms. The Hall–Kier alpha value is -0.780. The third-order valence-electron chi connectivity index (χ3n) is 2.05. The maximum Gasteiger partial charge on any atom is 0.325 e. The molecule has 1 aromatic carbocycles. The highest BCUT2D eigenvalue weighted by Gasteiger charge is 2.20. The summed E-state index contributed by atoms with van der Waals surface area (Å²) in [5.41, 5.74) is 0.643. The van der Waals surface area contributed by atoms with Gasteiger partial charge in [-0.25, -0.2) is 0 Å². The van der Waals surface area contributed by atoms with Crippen molar-refractivity contribution in [3.05, 3.63) is 28.2 Å². The number of carboxylic acid groups (broad SMARTS) is 1. The van der Waals surface area contributed by atoms with Crippen molar-refractivity contribution in [1.29, 1.82) is 0 Å². The van der Waals surface area contributed by atoms with Crippen molar-refractivity contribution in [3.63, 3.8) is 0 Å².